The van der Waals surface area contributed by atoms with Crippen LogP contribution in [0.4, 0.5) is 16.2 Å². The molecular weight excluding hydrogens is 452 g/mol. The van der Waals surface area contributed by atoms with Gasteiger partial charge in [-0.25, -0.2) is 4.79 Å². The molecule has 10 heteroatoms. The third kappa shape index (κ3) is 5.11. The Bertz CT molecular complexity index is 1260. The van der Waals surface area contributed by atoms with Gasteiger partial charge >= 0.3 is 6.03 Å². The quantitative estimate of drug-likeness (QED) is 0.291. The van der Waals surface area contributed by atoms with Crippen LogP contribution in [0.15, 0.2) is 78.9 Å². The molecule has 1 aliphatic rings. The molecule has 0 spiro atoms. The maximum absolute atomic E-state index is 13.0. The minimum absolute atomic E-state index is 0.137. The molecule has 1 fully saturated rings. The summed E-state index contributed by atoms with van der Waals surface area (Å²) in [6.45, 7) is 1.41. The lowest BCUT2D eigenvalue weighted by atomic mass is 9.92. The Morgan fingerprint density at radius 2 is 1.69 bits per heavy atom. The fourth-order valence-corrected chi connectivity index (χ4v) is 3.67. The topological polar surface area (TPSA) is 131 Å². The monoisotopic (exact) mass is 474 g/mol. The molecule has 0 saturated carbocycles. The predicted octanol–water partition coefficient (Wildman–Crippen LogP) is 3.58. The van der Waals surface area contributed by atoms with E-state index in [1.807, 2.05) is 30.3 Å². The van der Waals surface area contributed by atoms with E-state index in [1.165, 1.54) is 31.2 Å². The highest BCUT2D eigenvalue weighted by molar-refractivity contribution is 6.10. The molecule has 1 aliphatic heterocycles. The highest BCUT2D eigenvalue weighted by Crippen LogP contribution is 2.30. The van der Waals surface area contributed by atoms with Crippen LogP contribution >= 0.6 is 0 Å². The normalized spacial score (nSPS) is 17.1. The van der Waals surface area contributed by atoms with Crippen molar-refractivity contribution in [1.29, 1.82) is 0 Å². The standard InChI is InChI=1S/C25H22N4O6/c1-25(18-7-11-20(12-8-18)29(33)34)23(31)28(24(32)27-25)15-22(30)26-19-9-13-21(14-10-19)35-16-17-5-3-2-4-6-17/h2-14H,15-16H2,1H3,(H,26,30)(H,27,32). The molecule has 4 amide bonds. The molecule has 178 valence electrons. The zero-order chi connectivity index (χ0) is 25.0. The number of rotatable bonds is 8. The van der Waals surface area contributed by atoms with E-state index < -0.39 is 34.9 Å². The van der Waals surface area contributed by atoms with Crippen LogP contribution in [-0.2, 0) is 21.7 Å². The van der Waals surface area contributed by atoms with Crippen LogP contribution < -0.4 is 15.4 Å². The average Bonchev–Trinajstić information content (AvgIpc) is 3.08. The minimum Gasteiger partial charge on any atom is -0.489 e. The van der Waals surface area contributed by atoms with Gasteiger partial charge in [0.25, 0.3) is 11.6 Å². The van der Waals surface area contributed by atoms with Gasteiger partial charge in [0.1, 0.15) is 24.4 Å². The van der Waals surface area contributed by atoms with Crippen molar-refractivity contribution < 1.29 is 24.0 Å². The van der Waals surface area contributed by atoms with Gasteiger partial charge in [0.15, 0.2) is 0 Å². The summed E-state index contributed by atoms with van der Waals surface area (Å²) in [7, 11) is 0. The number of imide groups is 1. The van der Waals surface area contributed by atoms with Gasteiger partial charge in [0, 0.05) is 17.8 Å². The molecule has 0 radical (unpaired) electrons. The average molecular weight is 474 g/mol. The molecule has 1 saturated heterocycles. The van der Waals surface area contributed by atoms with Crippen molar-refractivity contribution in [1.82, 2.24) is 10.2 Å². The van der Waals surface area contributed by atoms with E-state index >= 15 is 0 Å². The summed E-state index contributed by atoms with van der Waals surface area (Å²) in [5, 5.41) is 16.1. The van der Waals surface area contributed by atoms with E-state index in [0.29, 0.717) is 23.6 Å². The Kier molecular flexibility index (Phi) is 6.45. The highest BCUT2D eigenvalue weighted by Gasteiger charge is 2.49. The van der Waals surface area contributed by atoms with Gasteiger partial charge in [0.05, 0.1) is 4.92 Å². The summed E-state index contributed by atoms with van der Waals surface area (Å²) in [4.78, 5) is 49.1. The maximum Gasteiger partial charge on any atom is 0.325 e. The predicted molar refractivity (Wildman–Crippen MR) is 127 cm³/mol. The number of ether oxygens (including phenoxy) is 1. The van der Waals surface area contributed by atoms with E-state index in [4.69, 9.17) is 4.74 Å². The van der Waals surface area contributed by atoms with Crippen LogP contribution in [0, 0.1) is 10.1 Å². The third-order valence-corrected chi connectivity index (χ3v) is 5.62. The largest absolute Gasteiger partial charge is 0.489 e. The molecule has 3 aromatic rings. The number of hydrogen-bond donors (Lipinski definition) is 2. The van der Waals surface area contributed by atoms with E-state index in [1.54, 1.807) is 24.3 Å². The van der Waals surface area contributed by atoms with Gasteiger partial charge in [-0.05, 0) is 54.4 Å². The molecule has 1 atom stereocenters. The van der Waals surface area contributed by atoms with E-state index in [9.17, 15) is 24.5 Å². The summed E-state index contributed by atoms with van der Waals surface area (Å²) in [6.07, 6.45) is 0. The van der Waals surface area contributed by atoms with Crippen LogP contribution in [0.5, 0.6) is 5.75 Å². The first-order valence-corrected chi connectivity index (χ1v) is 10.7. The summed E-state index contributed by atoms with van der Waals surface area (Å²) >= 11 is 0. The first kappa shape index (κ1) is 23.4. The number of carbonyl (C=O) groups excluding carboxylic acids is 3. The number of nitrogens with one attached hydrogen (secondary N) is 2. The molecule has 0 bridgehead atoms. The second kappa shape index (κ2) is 9.64. The van der Waals surface area contributed by atoms with Crippen LogP contribution in [0.3, 0.4) is 0 Å². The number of nitrogens with zero attached hydrogens (tertiary/aromatic N) is 2. The fraction of sp³-hybridized carbons (Fsp3) is 0.160. The third-order valence-electron chi connectivity index (χ3n) is 5.62. The van der Waals surface area contributed by atoms with Crippen molar-refractivity contribution in [2.75, 3.05) is 11.9 Å². The minimum atomic E-state index is -1.44. The van der Waals surface area contributed by atoms with E-state index in [0.717, 1.165) is 10.5 Å². The van der Waals surface area contributed by atoms with Crippen molar-refractivity contribution in [2.45, 2.75) is 19.1 Å². The van der Waals surface area contributed by atoms with Gasteiger partial charge in [-0.15, -0.1) is 0 Å². The van der Waals surface area contributed by atoms with Crippen LogP contribution in [0.25, 0.3) is 0 Å². The van der Waals surface area contributed by atoms with Crippen molar-refractivity contribution in [2.24, 2.45) is 0 Å². The zero-order valence-electron chi connectivity index (χ0n) is 18.8. The smallest absolute Gasteiger partial charge is 0.325 e. The van der Waals surface area contributed by atoms with Gasteiger partial charge < -0.3 is 15.4 Å². The van der Waals surface area contributed by atoms with Crippen molar-refractivity contribution in [3.8, 4) is 5.75 Å². The molecule has 3 aromatic carbocycles. The Morgan fingerprint density at radius 3 is 2.31 bits per heavy atom. The lowest BCUT2D eigenvalue weighted by molar-refractivity contribution is -0.384. The lowest BCUT2D eigenvalue weighted by Gasteiger charge is -2.22. The summed E-state index contributed by atoms with van der Waals surface area (Å²) < 4.78 is 5.72. The Morgan fingerprint density at radius 1 is 1.03 bits per heavy atom. The van der Waals surface area contributed by atoms with Gasteiger partial charge in [0.2, 0.25) is 5.91 Å². The molecule has 1 unspecified atom stereocenters. The van der Waals surface area contributed by atoms with Crippen molar-refractivity contribution in [3.63, 3.8) is 0 Å². The molecule has 10 nitrogen and oxygen atoms in total. The maximum atomic E-state index is 13.0. The lowest BCUT2D eigenvalue weighted by Crippen LogP contribution is -2.42. The molecule has 0 aliphatic carbocycles. The second-order valence-corrected chi connectivity index (χ2v) is 8.10. The summed E-state index contributed by atoms with van der Waals surface area (Å²) in [5.74, 6) is -0.560. The number of urea groups is 1. The number of carbonyl (C=O) groups is 3. The molecule has 1 heterocycles. The van der Waals surface area contributed by atoms with Gasteiger partial charge in [-0.3, -0.25) is 24.6 Å². The van der Waals surface area contributed by atoms with E-state index in [-0.39, 0.29) is 5.69 Å². The molecule has 0 aromatic heterocycles. The number of non-ortho nitro benzene ring substituents is 1. The van der Waals surface area contributed by atoms with E-state index in [2.05, 4.69) is 10.6 Å². The first-order valence-electron chi connectivity index (χ1n) is 10.7. The molecule has 4 rings (SSSR count). The van der Waals surface area contributed by atoms with Crippen LogP contribution in [0.2, 0.25) is 0 Å². The number of anilines is 1. The molecule has 35 heavy (non-hydrogen) atoms. The number of nitro benzene ring substituents is 1. The molecular formula is C25H22N4O6. The Hall–Kier alpha value is -4.73. The second-order valence-electron chi connectivity index (χ2n) is 8.10. The number of nitro groups is 1. The summed E-state index contributed by atoms with van der Waals surface area (Å²) in [5.41, 5.74) is 0.299. The van der Waals surface area contributed by atoms with Crippen molar-refractivity contribution >= 4 is 29.2 Å². The Labute approximate surface area is 200 Å². The number of amides is 4. The fourth-order valence-electron chi connectivity index (χ4n) is 3.67. The number of benzene rings is 3. The van der Waals surface area contributed by atoms with Crippen LogP contribution in [-0.4, -0.2) is 34.2 Å². The zero-order valence-corrected chi connectivity index (χ0v) is 18.8. The Balaban J connectivity index is 1.35. The SMILES string of the molecule is CC1(c2ccc([N+](=O)[O-])cc2)NC(=O)N(CC(=O)Nc2ccc(OCc3ccccc3)cc2)C1=O. The van der Waals surface area contributed by atoms with Crippen LogP contribution in [0.1, 0.15) is 18.1 Å². The summed E-state index contributed by atoms with van der Waals surface area (Å²) in [6, 6.07) is 21.0. The van der Waals surface area contributed by atoms with Gasteiger partial charge in [-0.1, -0.05) is 30.3 Å². The van der Waals surface area contributed by atoms with Gasteiger partial charge in [-0.2, -0.15) is 0 Å². The first-order chi connectivity index (χ1) is 16.8. The number of hydrogen-bond acceptors (Lipinski definition) is 6. The molecule has 2 N–H and O–H groups in total. The van der Waals surface area contributed by atoms with Crippen molar-refractivity contribution in [3.05, 3.63) is 100 Å². The highest BCUT2D eigenvalue weighted by atomic mass is 16.6.